The lowest BCUT2D eigenvalue weighted by Gasteiger charge is -2.33. The van der Waals surface area contributed by atoms with Crippen molar-refractivity contribution in [3.05, 3.63) is 52.5 Å². The van der Waals surface area contributed by atoms with Gasteiger partial charge in [0.2, 0.25) is 15.9 Å². The second kappa shape index (κ2) is 8.84. The summed E-state index contributed by atoms with van der Waals surface area (Å²) in [5.41, 5.74) is 0.412. The van der Waals surface area contributed by atoms with Crippen LogP contribution in [0, 0.1) is 0 Å². The molecular formula is C19H20Cl2N2O5S2. The number of hydrogen-bond donors (Lipinski definition) is 1. The molecule has 0 bridgehead atoms. The van der Waals surface area contributed by atoms with Gasteiger partial charge in [0.1, 0.15) is 6.04 Å². The van der Waals surface area contributed by atoms with Crippen LogP contribution in [0.5, 0.6) is 0 Å². The Morgan fingerprint density at radius 1 is 0.967 bits per heavy atom. The molecule has 1 atom stereocenters. The molecule has 1 saturated heterocycles. The van der Waals surface area contributed by atoms with Gasteiger partial charge in [-0.15, -0.1) is 0 Å². The van der Waals surface area contributed by atoms with Crippen LogP contribution in [0.4, 0.5) is 5.69 Å². The number of sulfone groups is 1. The van der Waals surface area contributed by atoms with E-state index < -0.39 is 31.8 Å². The molecule has 1 amide bonds. The van der Waals surface area contributed by atoms with Gasteiger partial charge in [-0.3, -0.25) is 4.79 Å². The van der Waals surface area contributed by atoms with Crippen LogP contribution in [0.1, 0.15) is 19.3 Å². The van der Waals surface area contributed by atoms with E-state index in [1.807, 2.05) is 0 Å². The minimum absolute atomic E-state index is 0.0222. The van der Waals surface area contributed by atoms with Gasteiger partial charge in [-0.1, -0.05) is 29.6 Å². The van der Waals surface area contributed by atoms with Gasteiger partial charge in [-0.25, -0.2) is 16.8 Å². The summed E-state index contributed by atoms with van der Waals surface area (Å²) in [5.74, 6) is -0.468. The van der Waals surface area contributed by atoms with E-state index in [9.17, 15) is 21.6 Å². The summed E-state index contributed by atoms with van der Waals surface area (Å²) in [5, 5.41) is 3.31. The van der Waals surface area contributed by atoms with Crippen LogP contribution in [0.25, 0.3) is 0 Å². The molecule has 2 aromatic carbocycles. The van der Waals surface area contributed by atoms with Crippen molar-refractivity contribution >= 4 is 54.7 Å². The molecule has 30 heavy (non-hydrogen) atoms. The number of halogens is 2. The third-order valence-electron chi connectivity index (χ3n) is 4.80. The Labute approximate surface area is 186 Å². The molecule has 11 heteroatoms. The summed E-state index contributed by atoms with van der Waals surface area (Å²) < 4.78 is 50.8. The van der Waals surface area contributed by atoms with Crippen molar-refractivity contribution in [3.8, 4) is 0 Å². The molecule has 1 fully saturated rings. The zero-order chi connectivity index (χ0) is 22.1. The van der Waals surface area contributed by atoms with Gasteiger partial charge in [0.15, 0.2) is 9.84 Å². The van der Waals surface area contributed by atoms with Gasteiger partial charge in [0, 0.05) is 18.5 Å². The lowest BCUT2D eigenvalue weighted by molar-refractivity contribution is -0.120. The summed E-state index contributed by atoms with van der Waals surface area (Å²) >= 11 is 11.9. The highest BCUT2D eigenvalue weighted by Gasteiger charge is 2.37. The van der Waals surface area contributed by atoms with Gasteiger partial charge in [-0.2, -0.15) is 4.31 Å². The highest BCUT2D eigenvalue weighted by atomic mass is 35.5. The van der Waals surface area contributed by atoms with Crippen LogP contribution in [0.15, 0.2) is 52.3 Å². The van der Waals surface area contributed by atoms with Crippen molar-refractivity contribution in [2.24, 2.45) is 0 Å². The van der Waals surface area contributed by atoms with E-state index in [0.717, 1.165) is 6.26 Å². The van der Waals surface area contributed by atoms with Gasteiger partial charge in [0.25, 0.3) is 0 Å². The summed E-state index contributed by atoms with van der Waals surface area (Å²) in [6.07, 6.45) is 2.74. The van der Waals surface area contributed by atoms with E-state index in [0.29, 0.717) is 30.0 Å². The summed E-state index contributed by atoms with van der Waals surface area (Å²) in [6, 6.07) is 8.70. The SMILES string of the molecule is CS(=O)(=O)c1ccc(S(=O)(=O)N2CCCC[C@@H]2C(=O)Nc2ccc(Cl)c(Cl)c2)cc1. The molecule has 1 aliphatic heterocycles. The van der Waals surface area contributed by atoms with Crippen molar-refractivity contribution < 1.29 is 21.6 Å². The molecule has 7 nitrogen and oxygen atoms in total. The largest absolute Gasteiger partial charge is 0.325 e. The monoisotopic (exact) mass is 490 g/mol. The zero-order valence-corrected chi connectivity index (χ0v) is 19.2. The van der Waals surface area contributed by atoms with E-state index in [4.69, 9.17) is 23.2 Å². The first kappa shape index (κ1) is 23.0. The van der Waals surface area contributed by atoms with Crippen molar-refractivity contribution in [2.45, 2.75) is 35.1 Å². The standard InChI is InChI=1S/C19H20Cl2N2O5S2/c1-29(25,26)14-6-8-15(9-7-14)30(27,28)23-11-3-2-4-18(23)19(24)22-13-5-10-16(20)17(21)12-13/h5-10,12,18H,2-4,11H2,1H3,(H,22,24)/t18-/m1/s1. The van der Waals surface area contributed by atoms with Gasteiger partial charge in [0.05, 0.1) is 19.8 Å². The second-order valence-electron chi connectivity index (χ2n) is 6.99. The summed E-state index contributed by atoms with van der Waals surface area (Å²) in [7, 11) is -7.44. The van der Waals surface area contributed by atoms with E-state index >= 15 is 0 Å². The quantitative estimate of drug-likeness (QED) is 0.689. The Hall–Kier alpha value is -1.65. The normalized spacial score (nSPS) is 18.2. The predicted octanol–water partition coefficient (Wildman–Crippen LogP) is 3.58. The van der Waals surface area contributed by atoms with Crippen LogP contribution in [-0.4, -0.2) is 45.9 Å². The molecule has 3 rings (SSSR count). The molecule has 0 radical (unpaired) electrons. The number of sulfonamides is 1. The molecule has 0 saturated carbocycles. The Morgan fingerprint density at radius 3 is 2.20 bits per heavy atom. The Kier molecular flexibility index (Phi) is 6.78. The number of carbonyl (C=O) groups excluding carboxylic acids is 1. The molecule has 0 aliphatic carbocycles. The van der Waals surface area contributed by atoms with Gasteiger partial charge < -0.3 is 5.32 Å². The Balaban J connectivity index is 1.86. The fourth-order valence-electron chi connectivity index (χ4n) is 3.25. The third kappa shape index (κ3) is 4.97. The molecule has 1 heterocycles. The van der Waals surface area contributed by atoms with E-state index in [-0.39, 0.29) is 21.4 Å². The molecule has 0 spiro atoms. The maximum absolute atomic E-state index is 13.2. The lowest BCUT2D eigenvalue weighted by Crippen LogP contribution is -2.49. The Bertz CT molecular complexity index is 1170. The number of amides is 1. The Morgan fingerprint density at radius 2 is 1.60 bits per heavy atom. The number of hydrogen-bond acceptors (Lipinski definition) is 5. The maximum atomic E-state index is 13.2. The molecule has 0 aromatic heterocycles. The smallest absolute Gasteiger partial charge is 0.243 e. The number of benzene rings is 2. The van der Waals surface area contributed by atoms with Crippen LogP contribution >= 0.6 is 23.2 Å². The zero-order valence-electron chi connectivity index (χ0n) is 16.0. The van der Waals surface area contributed by atoms with E-state index in [2.05, 4.69) is 5.32 Å². The first-order valence-electron chi connectivity index (χ1n) is 9.08. The van der Waals surface area contributed by atoms with Crippen LogP contribution in [-0.2, 0) is 24.7 Å². The predicted molar refractivity (Wildman–Crippen MR) is 116 cm³/mol. The second-order valence-corrected chi connectivity index (χ2v) is 11.7. The minimum Gasteiger partial charge on any atom is -0.325 e. The molecule has 1 aliphatic rings. The van der Waals surface area contributed by atoms with E-state index in [1.165, 1.54) is 40.7 Å². The number of rotatable bonds is 5. The number of piperidine rings is 1. The number of anilines is 1. The number of nitrogens with one attached hydrogen (secondary N) is 1. The van der Waals surface area contributed by atoms with Crippen LogP contribution < -0.4 is 5.32 Å². The minimum atomic E-state index is -4.00. The lowest BCUT2D eigenvalue weighted by atomic mass is 10.0. The van der Waals surface area contributed by atoms with Crippen molar-refractivity contribution in [2.75, 3.05) is 18.1 Å². The number of nitrogens with zero attached hydrogens (tertiary/aromatic N) is 1. The van der Waals surface area contributed by atoms with Crippen LogP contribution in [0.2, 0.25) is 10.0 Å². The van der Waals surface area contributed by atoms with Gasteiger partial charge in [-0.05, 0) is 55.3 Å². The fraction of sp³-hybridized carbons (Fsp3) is 0.316. The average Bonchev–Trinajstić information content (AvgIpc) is 2.70. The van der Waals surface area contributed by atoms with Crippen molar-refractivity contribution in [3.63, 3.8) is 0 Å². The number of carbonyl (C=O) groups is 1. The maximum Gasteiger partial charge on any atom is 0.243 e. The molecular weight excluding hydrogens is 471 g/mol. The highest BCUT2D eigenvalue weighted by molar-refractivity contribution is 7.90. The highest BCUT2D eigenvalue weighted by Crippen LogP contribution is 2.29. The van der Waals surface area contributed by atoms with Crippen molar-refractivity contribution in [1.82, 2.24) is 4.31 Å². The van der Waals surface area contributed by atoms with Crippen molar-refractivity contribution in [1.29, 1.82) is 0 Å². The summed E-state index contributed by atoms with van der Waals surface area (Å²) in [6.45, 7) is 0.190. The topological polar surface area (TPSA) is 101 Å². The molecule has 162 valence electrons. The summed E-state index contributed by atoms with van der Waals surface area (Å²) in [4.78, 5) is 12.8. The molecule has 0 unspecified atom stereocenters. The first-order valence-corrected chi connectivity index (χ1v) is 13.2. The average molecular weight is 491 g/mol. The first-order chi connectivity index (χ1) is 14.0. The van der Waals surface area contributed by atoms with Gasteiger partial charge >= 0.3 is 0 Å². The molecule has 1 N–H and O–H groups in total. The van der Waals surface area contributed by atoms with Crippen LogP contribution in [0.3, 0.4) is 0 Å². The fourth-order valence-corrected chi connectivity index (χ4v) is 5.83. The molecule has 2 aromatic rings. The van der Waals surface area contributed by atoms with E-state index in [1.54, 1.807) is 6.07 Å². The third-order valence-corrected chi connectivity index (χ3v) is 8.59.